The number of hydrogen-bond donors (Lipinski definition) is 0. The third kappa shape index (κ3) is 2.58. The van der Waals surface area contributed by atoms with Crippen LogP contribution >= 0.6 is 34.2 Å². The van der Waals surface area contributed by atoms with Crippen LogP contribution in [-0.4, -0.2) is 9.17 Å². The molecule has 64 valence electrons. The van der Waals surface area contributed by atoms with Crippen LogP contribution in [0.5, 0.6) is 0 Å². The molecule has 0 aliphatic heterocycles. The average Bonchev–Trinajstić information content (AvgIpc) is 1.85. The molecule has 1 saturated carbocycles. The highest BCUT2D eigenvalue weighted by atomic mass is 127. The fourth-order valence-corrected chi connectivity index (χ4v) is 3.60. The van der Waals surface area contributed by atoms with Gasteiger partial charge in [-0.05, 0) is 36.8 Å². The average molecular weight is 287 g/mol. The molecule has 0 bridgehead atoms. The molecule has 0 N–H and O–H groups in total. The first-order valence-corrected chi connectivity index (χ1v) is 5.57. The molecule has 0 aromatic carbocycles. The third-order valence-corrected chi connectivity index (χ3v) is 3.98. The van der Waals surface area contributed by atoms with Gasteiger partial charge in [-0.1, -0.05) is 29.5 Å². The molecular formula is C8H12ClIO. The van der Waals surface area contributed by atoms with Crippen LogP contribution in [0.3, 0.4) is 0 Å². The minimum Gasteiger partial charge on any atom is -0.281 e. The fraction of sp³-hybridized carbons (Fsp3) is 0.875. The quantitative estimate of drug-likeness (QED) is 0.411. The number of hydrogen-bond acceptors (Lipinski definition) is 1. The van der Waals surface area contributed by atoms with E-state index in [9.17, 15) is 4.79 Å². The minimum atomic E-state index is -0.142. The summed E-state index contributed by atoms with van der Waals surface area (Å²) in [4.78, 5) is 10.9. The Hall–Kier alpha value is 0.690. The summed E-state index contributed by atoms with van der Waals surface area (Å²) in [6.45, 7) is 2.24. The van der Waals surface area contributed by atoms with Crippen molar-refractivity contribution in [2.45, 2.75) is 30.1 Å². The molecule has 0 amide bonds. The van der Waals surface area contributed by atoms with Gasteiger partial charge in [0.2, 0.25) is 5.24 Å². The molecule has 0 spiro atoms. The Morgan fingerprint density at radius 2 is 2.18 bits per heavy atom. The van der Waals surface area contributed by atoms with Crippen molar-refractivity contribution in [2.24, 2.45) is 11.8 Å². The van der Waals surface area contributed by atoms with E-state index in [-0.39, 0.29) is 11.2 Å². The monoisotopic (exact) mass is 286 g/mol. The Morgan fingerprint density at radius 3 is 2.64 bits per heavy atom. The lowest BCUT2D eigenvalue weighted by atomic mass is 9.84. The lowest BCUT2D eigenvalue weighted by Gasteiger charge is -2.28. The molecule has 1 nitrogen and oxygen atoms in total. The summed E-state index contributed by atoms with van der Waals surface area (Å²) in [5, 5.41) is -0.142. The normalized spacial score (nSPS) is 38.6. The van der Waals surface area contributed by atoms with Crippen molar-refractivity contribution in [3.05, 3.63) is 0 Å². The highest BCUT2D eigenvalue weighted by molar-refractivity contribution is 14.1. The van der Waals surface area contributed by atoms with Crippen molar-refractivity contribution in [1.82, 2.24) is 0 Å². The van der Waals surface area contributed by atoms with E-state index in [4.69, 9.17) is 11.6 Å². The zero-order valence-electron chi connectivity index (χ0n) is 6.52. The molecule has 1 aliphatic carbocycles. The number of alkyl halides is 1. The molecule has 0 aromatic heterocycles. The van der Waals surface area contributed by atoms with Gasteiger partial charge in [-0.2, -0.15) is 0 Å². The van der Waals surface area contributed by atoms with Gasteiger partial charge in [-0.25, -0.2) is 0 Å². The molecule has 0 heterocycles. The van der Waals surface area contributed by atoms with Gasteiger partial charge in [0.15, 0.2) is 0 Å². The molecule has 1 fully saturated rings. The largest absolute Gasteiger partial charge is 0.281 e. The van der Waals surface area contributed by atoms with Crippen molar-refractivity contribution in [2.75, 3.05) is 0 Å². The molecule has 3 atom stereocenters. The zero-order chi connectivity index (χ0) is 8.43. The molecule has 0 aromatic rings. The first kappa shape index (κ1) is 9.78. The Balaban J connectivity index is 2.50. The van der Waals surface area contributed by atoms with Gasteiger partial charge in [-0.3, -0.25) is 4.79 Å². The van der Waals surface area contributed by atoms with Crippen molar-refractivity contribution in [3.8, 4) is 0 Å². The van der Waals surface area contributed by atoms with Gasteiger partial charge >= 0.3 is 0 Å². The van der Waals surface area contributed by atoms with E-state index in [0.29, 0.717) is 3.92 Å². The summed E-state index contributed by atoms with van der Waals surface area (Å²) >= 11 is 7.80. The highest BCUT2D eigenvalue weighted by Crippen LogP contribution is 2.34. The number of carbonyl (C=O) groups excluding carboxylic acids is 1. The van der Waals surface area contributed by atoms with Crippen LogP contribution in [0.25, 0.3) is 0 Å². The lowest BCUT2D eigenvalue weighted by molar-refractivity contribution is -0.115. The molecule has 1 rings (SSSR count). The maximum atomic E-state index is 10.9. The van der Waals surface area contributed by atoms with Crippen molar-refractivity contribution in [3.63, 3.8) is 0 Å². The second kappa shape index (κ2) is 4.08. The number of rotatable bonds is 1. The van der Waals surface area contributed by atoms with Crippen molar-refractivity contribution < 1.29 is 4.79 Å². The van der Waals surface area contributed by atoms with Crippen molar-refractivity contribution >= 4 is 39.4 Å². The zero-order valence-corrected chi connectivity index (χ0v) is 9.43. The Kier molecular flexibility index (Phi) is 3.62. The maximum absolute atomic E-state index is 10.9. The van der Waals surface area contributed by atoms with Gasteiger partial charge in [0.05, 0.1) is 0 Å². The third-order valence-electron chi connectivity index (χ3n) is 2.33. The van der Waals surface area contributed by atoms with Crippen molar-refractivity contribution in [1.29, 1.82) is 0 Å². The molecule has 0 saturated heterocycles. The van der Waals surface area contributed by atoms with Crippen LogP contribution in [0, 0.1) is 11.8 Å². The second-order valence-electron chi connectivity index (χ2n) is 3.34. The van der Waals surface area contributed by atoms with E-state index >= 15 is 0 Å². The van der Waals surface area contributed by atoms with E-state index in [0.717, 1.165) is 25.2 Å². The van der Waals surface area contributed by atoms with E-state index in [1.807, 2.05) is 0 Å². The van der Waals surface area contributed by atoms with Crippen LogP contribution in [0.4, 0.5) is 0 Å². The first-order valence-electron chi connectivity index (χ1n) is 3.94. The number of carbonyl (C=O) groups is 1. The van der Waals surface area contributed by atoms with Crippen LogP contribution in [0.1, 0.15) is 26.2 Å². The second-order valence-corrected chi connectivity index (χ2v) is 5.32. The van der Waals surface area contributed by atoms with Gasteiger partial charge in [-0.15, -0.1) is 0 Å². The summed E-state index contributed by atoms with van der Waals surface area (Å²) in [6.07, 6.45) is 3.28. The van der Waals surface area contributed by atoms with E-state index in [1.165, 1.54) is 0 Å². The van der Waals surface area contributed by atoms with Gasteiger partial charge in [0, 0.05) is 9.84 Å². The summed E-state index contributed by atoms with van der Waals surface area (Å²) in [5.74, 6) is 0.887. The number of halogens is 2. The predicted molar refractivity (Wildman–Crippen MR) is 55.2 cm³/mol. The Bertz CT molecular complexity index is 160. The Morgan fingerprint density at radius 1 is 1.55 bits per heavy atom. The van der Waals surface area contributed by atoms with E-state index in [1.54, 1.807) is 0 Å². The first-order chi connectivity index (χ1) is 5.11. The van der Waals surface area contributed by atoms with E-state index < -0.39 is 0 Å². The standard InChI is InChI=1S/C8H12ClIO/c1-5-2-3-6(8(9)11)7(10)4-5/h5-7H,2-4H2,1H3. The smallest absolute Gasteiger partial charge is 0.225 e. The molecular weight excluding hydrogens is 274 g/mol. The highest BCUT2D eigenvalue weighted by Gasteiger charge is 2.30. The Labute approximate surface area is 86.0 Å². The van der Waals surface area contributed by atoms with E-state index in [2.05, 4.69) is 29.5 Å². The SMILES string of the molecule is CC1CCC(C(=O)Cl)C(I)C1. The van der Waals surface area contributed by atoms with Crippen LogP contribution in [0.2, 0.25) is 0 Å². The summed E-state index contributed by atoms with van der Waals surface area (Å²) in [6, 6.07) is 0. The summed E-state index contributed by atoms with van der Waals surface area (Å²) < 4.78 is 0.460. The minimum absolute atomic E-state index is 0.119. The topological polar surface area (TPSA) is 17.1 Å². The lowest BCUT2D eigenvalue weighted by Crippen LogP contribution is -2.27. The predicted octanol–water partition coefficient (Wildman–Crippen LogP) is 2.99. The van der Waals surface area contributed by atoms with Crippen LogP contribution in [0.15, 0.2) is 0 Å². The summed E-state index contributed by atoms with van der Waals surface area (Å²) in [7, 11) is 0. The molecule has 1 aliphatic rings. The molecule has 11 heavy (non-hydrogen) atoms. The van der Waals surface area contributed by atoms with Gasteiger partial charge in [0.25, 0.3) is 0 Å². The molecule has 3 unspecified atom stereocenters. The fourth-order valence-electron chi connectivity index (χ4n) is 1.57. The van der Waals surface area contributed by atoms with Gasteiger partial charge < -0.3 is 0 Å². The molecule has 3 heteroatoms. The summed E-state index contributed by atoms with van der Waals surface area (Å²) in [5.41, 5.74) is 0. The van der Waals surface area contributed by atoms with Crippen LogP contribution in [-0.2, 0) is 4.79 Å². The maximum Gasteiger partial charge on any atom is 0.225 e. The molecule has 0 radical (unpaired) electrons. The van der Waals surface area contributed by atoms with Crippen LogP contribution < -0.4 is 0 Å². The van der Waals surface area contributed by atoms with Gasteiger partial charge in [0.1, 0.15) is 0 Å².